The fourth-order valence-electron chi connectivity index (χ4n) is 4.86. The normalized spacial score (nSPS) is 43.6. The maximum atomic E-state index is 3.75. The molecule has 3 rings (SSSR count). The standard InChI is InChI=1S/C17H33N3/c1-4-6-14-12-20(13(2)11-18-14)17-9-15-7-5-8-16(10-17)19(15)3/h13-18H,4-12H2,1-3H3. The summed E-state index contributed by atoms with van der Waals surface area (Å²) in [7, 11) is 2.37. The van der Waals surface area contributed by atoms with Gasteiger partial charge in [0, 0.05) is 43.3 Å². The molecule has 0 aromatic rings. The molecule has 2 bridgehead atoms. The van der Waals surface area contributed by atoms with Crippen LogP contribution in [0.15, 0.2) is 0 Å². The molecule has 3 heteroatoms. The average molecular weight is 279 g/mol. The van der Waals surface area contributed by atoms with Crippen LogP contribution in [0.2, 0.25) is 0 Å². The second-order valence-corrected chi connectivity index (χ2v) is 7.47. The minimum absolute atomic E-state index is 0.720. The molecular weight excluding hydrogens is 246 g/mol. The Morgan fingerprint density at radius 2 is 1.80 bits per heavy atom. The summed E-state index contributed by atoms with van der Waals surface area (Å²) in [6, 6.07) is 4.02. The molecular formula is C17H33N3. The molecule has 3 fully saturated rings. The number of nitrogens with zero attached hydrogens (tertiary/aromatic N) is 2. The van der Waals surface area contributed by atoms with Crippen LogP contribution in [0.1, 0.15) is 58.8 Å². The Morgan fingerprint density at radius 1 is 1.10 bits per heavy atom. The lowest BCUT2D eigenvalue weighted by atomic mass is 9.81. The highest BCUT2D eigenvalue weighted by Crippen LogP contribution is 2.35. The molecule has 0 spiro atoms. The summed E-state index contributed by atoms with van der Waals surface area (Å²) >= 11 is 0. The monoisotopic (exact) mass is 279 g/mol. The van der Waals surface area contributed by atoms with Gasteiger partial charge in [-0.1, -0.05) is 19.8 Å². The van der Waals surface area contributed by atoms with Crippen molar-refractivity contribution in [2.75, 3.05) is 20.1 Å². The van der Waals surface area contributed by atoms with E-state index in [1.807, 2.05) is 0 Å². The number of piperidine rings is 2. The van der Waals surface area contributed by atoms with Gasteiger partial charge in [-0.3, -0.25) is 4.90 Å². The van der Waals surface area contributed by atoms with Crippen LogP contribution in [-0.4, -0.2) is 60.1 Å². The molecule has 0 radical (unpaired) electrons. The van der Waals surface area contributed by atoms with Crippen molar-refractivity contribution in [2.45, 2.75) is 89.0 Å². The molecule has 0 aromatic carbocycles. The van der Waals surface area contributed by atoms with Crippen molar-refractivity contribution in [2.24, 2.45) is 0 Å². The molecule has 20 heavy (non-hydrogen) atoms. The molecule has 0 aliphatic carbocycles. The van der Waals surface area contributed by atoms with Crippen LogP contribution < -0.4 is 5.32 Å². The van der Waals surface area contributed by atoms with E-state index in [-0.39, 0.29) is 0 Å². The first kappa shape index (κ1) is 14.8. The summed E-state index contributed by atoms with van der Waals surface area (Å²) in [5, 5.41) is 3.75. The SMILES string of the molecule is CCCC1CN(C2CC3CCCC(C2)N3C)C(C)CN1. The first-order valence-electron chi connectivity index (χ1n) is 8.90. The summed E-state index contributed by atoms with van der Waals surface area (Å²) in [6.45, 7) is 7.20. The second kappa shape index (κ2) is 6.33. The smallest absolute Gasteiger partial charge is 0.0196 e. The Morgan fingerprint density at radius 3 is 2.45 bits per heavy atom. The van der Waals surface area contributed by atoms with Gasteiger partial charge >= 0.3 is 0 Å². The van der Waals surface area contributed by atoms with Gasteiger partial charge < -0.3 is 10.2 Å². The molecule has 116 valence electrons. The topological polar surface area (TPSA) is 18.5 Å². The Labute approximate surface area is 125 Å². The zero-order valence-corrected chi connectivity index (χ0v) is 13.6. The van der Waals surface area contributed by atoms with Crippen molar-refractivity contribution >= 4 is 0 Å². The van der Waals surface area contributed by atoms with Gasteiger partial charge in [0.2, 0.25) is 0 Å². The van der Waals surface area contributed by atoms with Gasteiger partial charge in [-0.25, -0.2) is 0 Å². The van der Waals surface area contributed by atoms with Gasteiger partial charge in [0.1, 0.15) is 0 Å². The predicted molar refractivity (Wildman–Crippen MR) is 85.1 cm³/mol. The quantitative estimate of drug-likeness (QED) is 0.856. The summed E-state index contributed by atoms with van der Waals surface area (Å²) in [4.78, 5) is 5.55. The number of fused-ring (bicyclic) bond motifs is 2. The highest BCUT2D eigenvalue weighted by Gasteiger charge is 2.40. The van der Waals surface area contributed by atoms with Gasteiger partial charge in [0.25, 0.3) is 0 Å². The zero-order valence-electron chi connectivity index (χ0n) is 13.6. The van der Waals surface area contributed by atoms with Crippen LogP contribution in [0.5, 0.6) is 0 Å². The number of hydrogen-bond acceptors (Lipinski definition) is 3. The van der Waals surface area contributed by atoms with Gasteiger partial charge in [-0.05, 0) is 46.1 Å². The largest absolute Gasteiger partial charge is 0.311 e. The molecule has 0 amide bonds. The fourth-order valence-corrected chi connectivity index (χ4v) is 4.86. The molecule has 3 saturated heterocycles. The van der Waals surface area contributed by atoms with E-state index in [1.54, 1.807) is 0 Å². The molecule has 4 unspecified atom stereocenters. The molecule has 3 aliphatic rings. The predicted octanol–water partition coefficient (Wildman–Crippen LogP) is 2.46. The third kappa shape index (κ3) is 2.90. The van der Waals surface area contributed by atoms with Gasteiger partial charge in [0.15, 0.2) is 0 Å². The molecule has 3 nitrogen and oxygen atoms in total. The van der Waals surface area contributed by atoms with Crippen molar-refractivity contribution in [3.05, 3.63) is 0 Å². The van der Waals surface area contributed by atoms with Crippen molar-refractivity contribution in [3.8, 4) is 0 Å². The highest BCUT2D eigenvalue weighted by molar-refractivity contribution is 4.97. The van der Waals surface area contributed by atoms with Crippen molar-refractivity contribution in [1.82, 2.24) is 15.1 Å². The van der Waals surface area contributed by atoms with Crippen LogP contribution >= 0.6 is 0 Å². The van der Waals surface area contributed by atoms with Crippen LogP contribution in [0.25, 0.3) is 0 Å². The van der Waals surface area contributed by atoms with E-state index in [1.165, 1.54) is 58.0 Å². The summed E-state index contributed by atoms with van der Waals surface area (Å²) in [5.41, 5.74) is 0. The summed E-state index contributed by atoms with van der Waals surface area (Å²) in [5.74, 6) is 0. The van der Waals surface area contributed by atoms with E-state index in [0.29, 0.717) is 0 Å². The Bertz CT molecular complexity index is 305. The Hall–Kier alpha value is -0.120. The van der Waals surface area contributed by atoms with Crippen molar-refractivity contribution in [1.29, 1.82) is 0 Å². The van der Waals surface area contributed by atoms with Crippen LogP contribution in [0.4, 0.5) is 0 Å². The molecule has 1 N–H and O–H groups in total. The minimum atomic E-state index is 0.720. The molecule has 0 saturated carbocycles. The summed E-state index contributed by atoms with van der Waals surface area (Å²) < 4.78 is 0. The number of piperazine rings is 1. The lowest BCUT2D eigenvalue weighted by Crippen LogP contribution is -2.62. The molecule has 3 aliphatic heterocycles. The maximum Gasteiger partial charge on any atom is 0.0196 e. The first-order chi connectivity index (χ1) is 9.69. The van der Waals surface area contributed by atoms with Crippen LogP contribution in [0, 0.1) is 0 Å². The van der Waals surface area contributed by atoms with Gasteiger partial charge in [0.05, 0.1) is 0 Å². The third-order valence-corrected chi connectivity index (χ3v) is 6.12. The number of nitrogens with one attached hydrogen (secondary N) is 1. The lowest BCUT2D eigenvalue weighted by molar-refractivity contribution is -0.0158. The van der Waals surface area contributed by atoms with Gasteiger partial charge in [-0.2, -0.15) is 0 Å². The molecule has 4 atom stereocenters. The Kier molecular flexibility index (Phi) is 4.68. The van der Waals surface area contributed by atoms with Crippen LogP contribution in [0.3, 0.4) is 0 Å². The second-order valence-electron chi connectivity index (χ2n) is 7.47. The van der Waals surface area contributed by atoms with E-state index in [4.69, 9.17) is 0 Å². The Balaban J connectivity index is 1.65. The van der Waals surface area contributed by atoms with Gasteiger partial charge in [-0.15, -0.1) is 0 Å². The highest BCUT2D eigenvalue weighted by atomic mass is 15.3. The van der Waals surface area contributed by atoms with E-state index >= 15 is 0 Å². The van der Waals surface area contributed by atoms with Crippen molar-refractivity contribution < 1.29 is 0 Å². The third-order valence-electron chi connectivity index (χ3n) is 6.12. The van der Waals surface area contributed by atoms with E-state index in [2.05, 4.69) is 36.0 Å². The van der Waals surface area contributed by atoms with E-state index < -0.39 is 0 Å². The average Bonchev–Trinajstić information content (AvgIpc) is 2.41. The van der Waals surface area contributed by atoms with E-state index in [0.717, 1.165) is 30.2 Å². The molecule has 3 heterocycles. The van der Waals surface area contributed by atoms with E-state index in [9.17, 15) is 0 Å². The molecule has 0 aromatic heterocycles. The minimum Gasteiger partial charge on any atom is -0.311 e. The van der Waals surface area contributed by atoms with Crippen molar-refractivity contribution in [3.63, 3.8) is 0 Å². The lowest BCUT2D eigenvalue weighted by Gasteiger charge is -2.52. The number of hydrogen-bond donors (Lipinski definition) is 1. The number of rotatable bonds is 3. The first-order valence-corrected chi connectivity index (χ1v) is 8.90. The summed E-state index contributed by atoms with van der Waals surface area (Å²) in [6.07, 6.45) is 9.79. The maximum absolute atomic E-state index is 3.75. The fraction of sp³-hybridized carbons (Fsp3) is 1.00. The zero-order chi connectivity index (χ0) is 14.1. The van der Waals surface area contributed by atoms with Crippen LogP contribution in [-0.2, 0) is 0 Å².